The SMILES string of the molecule is CC(C)[C@@H](N[C@H]1CCCN(c2ncnc3sc(CC(F)(F)F)cc23)CC1)C1CNC1. The summed E-state index contributed by atoms with van der Waals surface area (Å²) < 4.78 is 38.5. The summed E-state index contributed by atoms with van der Waals surface area (Å²) in [6.45, 7) is 8.46. The molecule has 0 spiro atoms. The first-order chi connectivity index (χ1) is 14.3. The predicted octanol–water partition coefficient (Wildman–Crippen LogP) is 3.99. The molecule has 166 valence electrons. The van der Waals surface area contributed by atoms with Crippen molar-refractivity contribution in [3.63, 3.8) is 0 Å². The Bertz CT molecular complexity index is 849. The van der Waals surface area contributed by atoms with Crippen LogP contribution >= 0.6 is 11.3 Å². The highest BCUT2D eigenvalue weighted by Gasteiger charge is 2.32. The second kappa shape index (κ2) is 8.96. The van der Waals surface area contributed by atoms with Crippen molar-refractivity contribution in [3.05, 3.63) is 17.3 Å². The molecule has 2 aromatic heterocycles. The van der Waals surface area contributed by atoms with Gasteiger partial charge in [-0.15, -0.1) is 11.3 Å². The van der Waals surface area contributed by atoms with E-state index in [1.807, 2.05) is 0 Å². The van der Waals surface area contributed by atoms with Crippen LogP contribution in [0.3, 0.4) is 0 Å². The minimum Gasteiger partial charge on any atom is -0.356 e. The molecular weight excluding hydrogens is 411 g/mol. The monoisotopic (exact) mass is 441 g/mol. The highest BCUT2D eigenvalue weighted by molar-refractivity contribution is 7.18. The van der Waals surface area contributed by atoms with Crippen LogP contribution in [0, 0.1) is 11.8 Å². The van der Waals surface area contributed by atoms with Gasteiger partial charge in [0.25, 0.3) is 0 Å². The van der Waals surface area contributed by atoms with Crippen molar-refractivity contribution in [2.45, 2.75) is 57.8 Å². The van der Waals surface area contributed by atoms with E-state index in [1.165, 1.54) is 6.33 Å². The van der Waals surface area contributed by atoms with Crippen LogP contribution in [0.5, 0.6) is 0 Å². The average Bonchev–Trinajstić information content (AvgIpc) is 2.87. The molecule has 2 aromatic rings. The van der Waals surface area contributed by atoms with Crippen LogP contribution in [-0.2, 0) is 6.42 Å². The summed E-state index contributed by atoms with van der Waals surface area (Å²) in [4.78, 5) is 11.8. The molecule has 2 aliphatic rings. The van der Waals surface area contributed by atoms with E-state index in [0.29, 0.717) is 33.6 Å². The molecule has 0 radical (unpaired) electrons. The van der Waals surface area contributed by atoms with E-state index in [-0.39, 0.29) is 0 Å². The Morgan fingerprint density at radius 1 is 1.23 bits per heavy atom. The van der Waals surface area contributed by atoms with Crippen LogP contribution < -0.4 is 15.5 Å². The van der Waals surface area contributed by atoms with Gasteiger partial charge in [0.1, 0.15) is 17.0 Å². The van der Waals surface area contributed by atoms with Crippen molar-refractivity contribution >= 4 is 27.4 Å². The van der Waals surface area contributed by atoms with Gasteiger partial charge in [0.05, 0.1) is 11.8 Å². The van der Waals surface area contributed by atoms with Crippen molar-refractivity contribution in [1.29, 1.82) is 0 Å². The fourth-order valence-corrected chi connectivity index (χ4v) is 5.64. The molecule has 2 saturated heterocycles. The first-order valence-corrected chi connectivity index (χ1v) is 11.6. The molecule has 9 heteroatoms. The summed E-state index contributed by atoms with van der Waals surface area (Å²) in [6.07, 6.45) is -0.489. The first kappa shape index (κ1) is 21.8. The van der Waals surface area contributed by atoms with Crippen molar-refractivity contribution in [3.8, 4) is 0 Å². The number of rotatable bonds is 6. The van der Waals surface area contributed by atoms with Crippen LogP contribution in [0.2, 0.25) is 0 Å². The van der Waals surface area contributed by atoms with E-state index < -0.39 is 12.6 Å². The van der Waals surface area contributed by atoms with Gasteiger partial charge in [-0.2, -0.15) is 13.2 Å². The Hall–Kier alpha value is -1.45. The molecule has 0 saturated carbocycles. The molecule has 0 unspecified atom stereocenters. The van der Waals surface area contributed by atoms with Gasteiger partial charge in [0.2, 0.25) is 0 Å². The predicted molar refractivity (Wildman–Crippen MR) is 115 cm³/mol. The number of hydrogen-bond donors (Lipinski definition) is 2. The Balaban J connectivity index is 1.45. The molecule has 30 heavy (non-hydrogen) atoms. The third-order valence-corrected chi connectivity index (χ3v) is 7.27. The van der Waals surface area contributed by atoms with Gasteiger partial charge < -0.3 is 15.5 Å². The maximum absolute atomic E-state index is 12.8. The Morgan fingerprint density at radius 3 is 2.70 bits per heavy atom. The smallest absolute Gasteiger partial charge is 0.356 e. The molecule has 5 nitrogen and oxygen atoms in total. The first-order valence-electron chi connectivity index (χ1n) is 10.8. The van der Waals surface area contributed by atoms with E-state index in [4.69, 9.17) is 0 Å². The fraction of sp³-hybridized carbons (Fsp3) is 0.714. The number of hydrogen-bond acceptors (Lipinski definition) is 6. The number of fused-ring (bicyclic) bond motifs is 1. The Morgan fingerprint density at radius 2 is 2.03 bits per heavy atom. The van der Waals surface area contributed by atoms with Crippen molar-refractivity contribution < 1.29 is 13.2 Å². The van der Waals surface area contributed by atoms with Gasteiger partial charge in [-0.3, -0.25) is 0 Å². The zero-order chi connectivity index (χ0) is 21.3. The van der Waals surface area contributed by atoms with E-state index in [9.17, 15) is 13.2 Å². The normalized spacial score (nSPS) is 22.3. The lowest BCUT2D eigenvalue weighted by molar-refractivity contribution is -0.126. The summed E-state index contributed by atoms with van der Waals surface area (Å²) in [5, 5.41) is 8.03. The summed E-state index contributed by atoms with van der Waals surface area (Å²) in [6, 6.07) is 2.61. The number of anilines is 1. The van der Waals surface area contributed by atoms with Gasteiger partial charge in [-0.25, -0.2) is 9.97 Å². The summed E-state index contributed by atoms with van der Waals surface area (Å²) in [5.74, 6) is 2.06. The van der Waals surface area contributed by atoms with Crippen molar-refractivity contribution in [1.82, 2.24) is 20.6 Å². The summed E-state index contributed by atoms with van der Waals surface area (Å²) in [5.41, 5.74) is 0. The second-order valence-electron chi connectivity index (χ2n) is 8.89. The van der Waals surface area contributed by atoms with Crippen LogP contribution in [0.4, 0.5) is 19.0 Å². The number of alkyl halides is 3. The number of thiophene rings is 1. The molecule has 4 rings (SSSR count). The average molecular weight is 442 g/mol. The van der Waals surface area contributed by atoms with E-state index >= 15 is 0 Å². The number of nitrogens with zero attached hydrogens (tertiary/aromatic N) is 3. The molecule has 0 aliphatic carbocycles. The quantitative estimate of drug-likeness (QED) is 0.710. The number of aromatic nitrogens is 2. The molecular formula is C21H30F3N5S. The fourth-order valence-electron chi connectivity index (χ4n) is 4.61. The van der Waals surface area contributed by atoms with Gasteiger partial charge in [-0.05, 0) is 37.2 Å². The van der Waals surface area contributed by atoms with Crippen molar-refractivity contribution in [2.24, 2.45) is 11.8 Å². The molecule has 0 bridgehead atoms. The largest absolute Gasteiger partial charge is 0.393 e. The molecule has 0 amide bonds. The lowest BCUT2D eigenvalue weighted by atomic mass is 9.85. The molecule has 2 atom stereocenters. The molecule has 2 fully saturated rings. The lowest BCUT2D eigenvalue weighted by Crippen LogP contribution is -2.57. The van der Waals surface area contributed by atoms with Gasteiger partial charge >= 0.3 is 6.18 Å². The zero-order valence-electron chi connectivity index (χ0n) is 17.5. The van der Waals surface area contributed by atoms with E-state index in [2.05, 4.69) is 39.3 Å². The zero-order valence-corrected chi connectivity index (χ0v) is 18.3. The van der Waals surface area contributed by atoms with Crippen LogP contribution in [0.15, 0.2) is 12.4 Å². The molecule has 2 aliphatic heterocycles. The van der Waals surface area contributed by atoms with Crippen LogP contribution in [0.1, 0.15) is 38.0 Å². The Kier molecular flexibility index (Phi) is 6.50. The van der Waals surface area contributed by atoms with E-state index in [1.54, 1.807) is 6.07 Å². The van der Waals surface area contributed by atoms with E-state index in [0.717, 1.165) is 68.0 Å². The number of halogens is 3. The lowest BCUT2D eigenvalue weighted by Gasteiger charge is -2.39. The molecule has 2 N–H and O–H groups in total. The highest BCUT2D eigenvalue weighted by atomic mass is 32.1. The number of nitrogens with one attached hydrogen (secondary N) is 2. The van der Waals surface area contributed by atoms with Gasteiger partial charge in [0, 0.05) is 43.1 Å². The minimum atomic E-state index is -4.21. The van der Waals surface area contributed by atoms with Gasteiger partial charge in [-0.1, -0.05) is 13.8 Å². The van der Waals surface area contributed by atoms with Crippen LogP contribution in [0.25, 0.3) is 10.2 Å². The standard InChI is InChI=1S/C21H30F3N5S/c1-13(2)18(14-10-25-11-14)28-15-4-3-6-29(7-5-15)19-17-8-16(9-21(22,23)24)30-20(17)27-12-26-19/h8,12-15,18,25,28H,3-7,9-11H2,1-2H3/t15-,18+/m0/s1. The van der Waals surface area contributed by atoms with Crippen molar-refractivity contribution in [2.75, 3.05) is 31.1 Å². The Labute approximate surface area is 179 Å². The topological polar surface area (TPSA) is 53.1 Å². The third-order valence-electron chi connectivity index (χ3n) is 6.23. The van der Waals surface area contributed by atoms with Gasteiger partial charge in [0.15, 0.2) is 0 Å². The highest BCUT2D eigenvalue weighted by Crippen LogP contribution is 2.34. The maximum atomic E-state index is 12.8. The third kappa shape index (κ3) is 5.06. The summed E-state index contributed by atoms with van der Waals surface area (Å²) in [7, 11) is 0. The molecule has 4 heterocycles. The minimum absolute atomic E-state index is 0.294. The molecule has 0 aromatic carbocycles. The van der Waals surface area contributed by atoms with Crippen LogP contribution in [-0.4, -0.2) is 54.4 Å². The second-order valence-corrected chi connectivity index (χ2v) is 10.0. The maximum Gasteiger partial charge on any atom is 0.393 e. The summed E-state index contributed by atoms with van der Waals surface area (Å²) >= 11 is 1.12.